The van der Waals surface area contributed by atoms with Crippen molar-refractivity contribution in [3.05, 3.63) is 52.6 Å². The molecule has 1 aromatic heterocycles. The van der Waals surface area contributed by atoms with Gasteiger partial charge in [0.25, 0.3) is 11.8 Å². The fourth-order valence-electron chi connectivity index (χ4n) is 3.99. The number of hydrogen-bond acceptors (Lipinski definition) is 4. The number of carbonyl (C=O) groups is 2. The highest BCUT2D eigenvalue weighted by atomic mass is 19.1. The second-order valence-electron chi connectivity index (χ2n) is 7.43. The van der Waals surface area contributed by atoms with E-state index in [2.05, 4.69) is 15.7 Å². The predicted molar refractivity (Wildman–Crippen MR) is 99.6 cm³/mol. The molecule has 2 amide bonds. The first kappa shape index (κ1) is 18.6. The maximum absolute atomic E-state index is 14.0. The Morgan fingerprint density at radius 3 is 2.68 bits per heavy atom. The molecule has 1 aliphatic heterocycles. The van der Waals surface area contributed by atoms with Crippen LogP contribution in [0.25, 0.3) is 0 Å². The minimum Gasteiger partial charge on any atom is -0.381 e. The van der Waals surface area contributed by atoms with Gasteiger partial charge in [0.1, 0.15) is 11.5 Å². The molecule has 1 aromatic carbocycles. The molecule has 8 heteroatoms. The Hall–Kier alpha value is -2.74. The molecule has 0 radical (unpaired) electrons. The summed E-state index contributed by atoms with van der Waals surface area (Å²) in [5, 5.41) is 9.90. The van der Waals surface area contributed by atoms with Crippen LogP contribution < -0.4 is 10.6 Å². The van der Waals surface area contributed by atoms with Crippen molar-refractivity contribution in [2.45, 2.75) is 25.9 Å². The van der Waals surface area contributed by atoms with E-state index in [-0.39, 0.29) is 35.1 Å². The second kappa shape index (κ2) is 7.01. The number of fused-ring (bicyclic) bond motifs is 1. The van der Waals surface area contributed by atoms with Gasteiger partial charge in [-0.25, -0.2) is 4.39 Å². The normalized spacial score (nSPS) is 23.8. The number of benzene rings is 1. The third-order valence-electron chi connectivity index (χ3n) is 5.80. The molecule has 1 aliphatic carbocycles. The van der Waals surface area contributed by atoms with Crippen LogP contribution in [0, 0.1) is 24.6 Å². The van der Waals surface area contributed by atoms with Crippen LogP contribution in [0.5, 0.6) is 0 Å². The average molecular weight is 386 g/mol. The van der Waals surface area contributed by atoms with E-state index in [1.165, 1.54) is 23.9 Å². The fourth-order valence-corrected chi connectivity index (χ4v) is 3.99. The first-order valence-electron chi connectivity index (χ1n) is 9.37. The number of carbonyl (C=O) groups excluding carboxylic acids is 2. The summed E-state index contributed by atoms with van der Waals surface area (Å²) in [5.74, 6) is -0.265. The van der Waals surface area contributed by atoms with Gasteiger partial charge in [-0.2, -0.15) is 5.10 Å². The van der Waals surface area contributed by atoms with Crippen LogP contribution >= 0.6 is 0 Å². The SMILES string of the molecule is CNC(=O)c1cc(C(=O)NC2[C@H]3COC[C@@H]23)n([C@@H](C)c2cccc(F)c2C)n1. The smallest absolute Gasteiger partial charge is 0.271 e. The van der Waals surface area contributed by atoms with Crippen LogP contribution in [0.1, 0.15) is 45.1 Å². The predicted octanol–water partition coefficient (Wildman–Crippen LogP) is 1.67. The zero-order chi connectivity index (χ0) is 20.0. The quantitative estimate of drug-likeness (QED) is 0.819. The van der Waals surface area contributed by atoms with Crippen molar-refractivity contribution in [2.75, 3.05) is 20.3 Å². The number of amides is 2. The third-order valence-corrected chi connectivity index (χ3v) is 5.80. The van der Waals surface area contributed by atoms with Crippen LogP contribution in [0.4, 0.5) is 4.39 Å². The molecule has 28 heavy (non-hydrogen) atoms. The first-order valence-corrected chi connectivity index (χ1v) is 9.37. The minimum atomic E-state index is -0.420. The molecular formula is C20H23FN4O3. The molecule has 4 atom stereocenters. The lowest BCUT2D eigenvalue weighted by Crippen LogP contribution is -2.32. The lowest BCUT2D eigenvalue weighted by molar-refractivity contribution is 0.0915. The maximum atomic E-state index is 14.0. The van der Waals surface area contributed by atoms with Gasteiger partial charge < -0.3 is 15.4 Å². The van der Waals surface area contributed by atoms with Crippen molar-refractivity contribution >= 4 is 11.8 Å². The fraction of sp³-hybridized carbons (Fsp3) is 0.450. The molecule has 7 nitrogen and oxygen atoms in total. The number of aromatic nitrogens is 2. The zero-order valence-corrected chi connectivity index (χ0v) is 16.0. The third kappa shape index (κ3) is 3.07. The zero-order valence-electron chi connectivity index (χ0n) is 16.0. The van der Waals surface area contributed by atoms with E-state index in [1.807, 2.05) is 6.92 Å². The summed E-state index contributed by atoms with van der Waals surface area (Å²) in [6.07, 6.45) is 0. The Morgan fingerprint density at radius 2 is 2.00 bits per heavy atom. The van der Waals surface area contributed by atoms with Gasteiger partial charge in [-0.3, -0.25) is 14.3 Å². The number of rotatable bonds is 5. The molecule has 2 heterocycles. The van der Waals surface area contributed by atoms with Crippen molar-refractivity contribution in [3.8, 4) is 0 Å². The number of nitrogens with zero attached hydrogens (tertiary/aromatic N) is 2. The topological polar surface area (TPSA) is 85.3 Å². The Balaban J connectivity index is 1.66. The van der Waals surface area contributed by atoms with Crippen LogP contribution in [0.3, 0.4) is 0 Å². The molecule has 2 aliphatic rings. The van der Waals surface area contributed by atoms with Crippen molar-refractivity contribution in [3.63, 3.8) is 0 Å². The Bertz CT molecular complexity index is 932. The van der Waals surface area contributed by atoms with Crippen LogP contribution in [-0.2, 0) is 4.74 Å². The van der Waals surface area contributed by atoms with Crippen molar-refractivity contribution in [1.82, 2.24) is 20.4 Å². The van der Waals surface area contributed by atoms with E-state index in [0.29, 0.717) is 36.2 Å². The summed E-state index contributed by atoms with van der Waals surface area (Å²) in [7, 11) is 1.51. The molecule has 0 bridgehead atoms. The lowest BCUT2D eigenvalue weighted by Gasteiger charge is -2.18. The molecule has 1 unspecified atom stereocenters. The average Bonchev–Trinajstić information content (AvgIpc) is 3.10. The molecular weight excluding hydrogens is 363 g/mol. The van der Waals surface area contributed by atoms with Crippen molar-refractivity contribution in [2.24, 2.45) is 11.8 Å². The van der Waals surface area contributed by atoms with E-state index >= 15 is 0 Å². The lowest BCUT2D eigenvalue weighted by atomic mass is 10.0. The highest BCUT2D eigenvalue weighted by Gasteiger charge is 2.55. The molecule has 4 rings (SSSR count). The van der Waals surface area contributed by atoms with Gasteiger partial charge in [-0.15, -0.1) is 0 Å². The van der Waals surface area contributed by atoms with Gasteiger partial charge in [0.15, 0.2) is 5.69 Å². The number of hydrogen-bond donors (Lipinski definition) is 2. The van der Waals surface area contributed by atoms with E-state index in [4.69, 9.17) is 4.74 Å². The van der Waals surface area contributed by atoms with E-state index < -0.39 is 6.04 Å². The van der Waals surface area contributed by atoms with Gasteiger partial charge in [0.05, 0.1) is 19.3 Å². The highest BCUT2D eigenvalue weighted by molar-refractivity contribution is 5.98. The van der Waals surface area contributed by atoms with Crippen LogP contribution in [0.2, 0.25) is 0 Å². The Morgan fingerprint density at radius 1 is 1.29 bits per heavy atom. The standard InChI is InChI=1S/C20H23FN4O3/c1-10-12(5-4-6-15(10)21)11(2)25-17(7-16(24-25)19(26)22-3)20(27)23-18-13-8-28-9-14(13)18/h4-7,11,13-14,18H,8-9H2,1-3H3,(H,22,26)(H,23,27)/t11-,13-,14+,18?/m0/s1. The summed E-state index contributed by atoms with van der Waals surface area (Å²) in [6.45, 7) is 4.85. The molecule has 2 N–H and O–H groups in total. The maximum Gasteiger partial charge on any atom is 0.271 e. The summed E-state index contributed by atoms with van der Waals surface area (Å²) in [4.78, 5) is 25.0. The van der Waals surface area contributed by atoms with Crippen molar-refractivity contribution in [1.29, 1.82) is 0 Å². The molecule has 2 fully saturated rings. The molecule has 2 aromatic rings. The molecule has 0 spiro atoms. The number of ether oxygens (including phenoxy) is 1. The van der Waals surface area contributed by atoms with Crippen molar-refractivity contribution < 1.29 is 18.7 Å². The van der Waals surface area contributed by atoms with E-state index in [0.717, 1.165) is 0 Å². The highest BCUT2D eigenvalue weighted by Crippen LogP contribution is 2.44. The number of nitrogens with one attached hydrogen (secondary N) is 2. The molecule has 148 valence electrons. The Kier molecular flexibility index (Phi) is 4.66. The van der Waals surface area contributed by atoms with Gasteiger partial charge in [0, 0.05) is 31.0 Å². The number of halogens is 1. The molecule has 1 saturated carbocycles. The van der Waals surface area contributed by atoms with Crippen LogP contribution in [0.15, 0.2) is 24.3 Å². The van der Waals surface area contributed by atoms with Gasteiger partial charge >= 0.3 is 0 Å². The van der Waals surface area contributed by atoms with E-state index in [1.54, 1.807) is 19.1 Å². The summed E-state index contributed by atoms with van der Waals surface area (Å²) >= 11 is 0. The monoisotopic (exact) mass is 386 g/mol. The second-order valence-corrected chi connectivity index (χ2v) is 7.43. The summed E-state index contributed by atoms with van der Waals surface area (Å²) < 4.78 is 20.9. The van der Waals surface area contributed by atoms with Crippen LogP contribution in [-0.4, -0.2) is 47.9 Å². The Labute approximate surface area is 162 Å². The van der Waals surface area contributed by atoms with E-state index in [9.17, 15) is 14.0 Å². The molecule has 1 saturated heterocycles. The van der Waals surface area contributed by atoms with Gasteiger partial charge in [0.2, 0.25) is 0 Å². The first-order chi connectivity index (χ1) is 13.4. The van der Waals surface area contributed by atoms with Gasteiger partial charge in [-0.05, 0) is 31.0 Å². The summed E-state index contributed by atoms with van der Waals surface area (Å²) in [6, 6.07) is 5.98. The minimum absolute atomic E-state index is 0.0965. The largest absolute Gasteiger partial charge is 0.381 e. The van der Waals surface area contributed by atoms with Gasteiger partial charge in [-0.1, -0.05) is 12.1 Å². The summed E-state index contributed by atoms with van der Waals surface area (Å²) in [5.41, 5.74) is 1.62.